The van der Waals surface area contributed by atoms with Gasteiger partial charge in [-0.05, 0) is 123 Å². The van der Waals surface area contributed by atoms with E-state index in [9.17, 15) is 0 Å². The summed E-state index contributed by atoms with van der Waals surface area (Å²) >= 11 is 0. The van der Waals surface area contributed by atoms with Crippen molar-refractivity contribution >= 4 is 60.8 Å². The van der Waals surface area contributed by atoms with Crippen molar-refractivity contribution in [2.45, 2.75) is 0 Å². The first-order valence-corrected chi connectivity index (χ1v) is 23.6. The number of para-hydroxylation sites is 4. The van der Waals surface area contributed by atoms with Crippen molar-refractivity contribution in [1.29, 1.82) is 0 Å². The Hall–Kier alpha value is -9.18. The molecule has 0 unspecified atom stereocenters. The van der Waals surface area contributed by atoms with Gasteiger partial charge in [-0.15, -0.1) is 0 Å². The van der Waals surface area contributed by atoms with Gasteiger partial charge in [0.1, 0.15) is 11.2 Å². The largest absolute Gasteiger partial charge is 0.456 e. The average Bonchev–Trinajstić information content (AvgIpc) is 3.97. The molecule has 3 heteroatoms. The van der Waals surface area contributed by atoms with Gasteiger partial charge in [0, 0.05) is 44.2 Å². The van der Waals surface area contributed by atoms with E-state index < -0.39 is 0 Å². The van der Waals surface area contributed by atoms with E-state index >= 15 is 0 Å². The summed E-state index contributed by atoms with van der Waals surface area (Å²) in [6.07, 6.45) is 0. The van der Waals surface area contributed by atoms with Crippen LogP contribution >= 0.6 is 0 Å². The molecule has 0 saturated carbocycles. The quantitative estimate of drug-likeness (QED) is 0.144. The Bertz CT molecular complexity index is 3960. The predicted molar refractivity (Wildman–Crippen MR) is 290 cm³/mol. The van der Waals surface area contributed by atoms with Gasteiger partial charge in [-0.1, -0.05) is 194 Å². The molecule has 0 radical (unpaired) electrons. The molecular formula is C66H44N2O. The van der Waals surface area contributed by atoms with Crippen LogP contribution in [0.5, 0.6) is 0 Å². The van der Waals surface area contributed by atoms with Gasteiger partial charge in [0.25, 0.3) is 0 Å². The van der Waals surface area contributed by atoms with Gasteiger partial charge in [0.15, 0.2) is 0 Å². The molecule has 0 atom stereocenters. The lowest BCUT2D eigenvalue weighted by Crippen LogP contribution is -2.11. The lowest BCUT2D eigenvalue weighted by atomic mass is 9.88. The van der Waals surface area contributed by atoms with E-state index in [1.165, 1.54) is 44.1 Å². The lowest BCUT2D eigenvalue weighted by molar-refractivity contribution is 0.669. The predicted octanol–water partition coefficient (Wildman–Crippen LogP) is 18.5. The standard InChI is InChI=1S/C66H44N2O/c1-2-17-47(18-3-1)53-21-4-5-22-54(53)55-23-6-7-24-56(55)57-25-8-12-29-62(57)67(51-40-35-46(36-41-51)49-37-42-66-61(44-49)60-28-11-15-32-65(60)69-66)50-38-33-45(34-39-50)48-19-16-20-52(43-48)68-63-30-13-9-26-58(63)59-27-10-14-31-64(59)68/h1-44H. The van der Waals surface area contributed by atoms with Crippen molar-refractivity contribution in [3.05, 3.63) is 267 Å². The number of hydrogen-bond acceptors (Lipinski definition) is 2. The maximum atomic E-state index is 6.19. The topological polar surface area (TPSA) is 21.3 Å². The Labute approximate surface area is 401 Å². The van der Waals surface area contributed by atoms with Gasteiger partial charge in [-0.3, -0.25) is 0 Å². The molecule has 0 amide bonds. The van der Waals surface area contributed by atoms with Crippen molar-refractivity contribution in [3.8, 4) is 61.3 Å². The molecule has 2 heterocycles. The summed E-state index contributed by atoms with van der Waals surface area (Å²) in [5.74, 6) is 0. The second kappa shape index (κ2) is 16.9. The molecule has 13 aromatic rings. The fourth-order valence-electron chi connectivity index (χ4n) is 10.4. The van der Waals surface area contributed by atoms with Gasteiger partial charge < -0.3 is 13.9 Å². The van der Waals surface area contributed by atoms with Gasteiger partial charge in [-0.25, -0.2) is 0 Å². The Kier molecular flexibility index (Phi) is 9.84. The zero-order valence-corrected chi connectivity index (χ0v) is 37.7. The number of hydrogen-bond donors (Lipinski definition) is 0. The molecule has 0 aliphatic rings. The van der Waals surface area contributed by atoms with Crippen LogP contribution in [0.2, 0.25) is 0 Å². The highest BCUT2D eigenvalue weighted by molar-refractivity contribution is 6.09. The molecule has 2 aromatic heterocycles. The number of aromatic nitrogens is 1. The minimum Gasteiger partial charge on any atom is -0.456 e. The molecule has 0 aliphatic carbocycles. The van der Waals surface area contributed by atoms with Crippen LogP contribution in [-0.2, 0) is 0 Å². The van der Waals surface area contributed by atoms with Gasteiger partial charge in [0.05, 0.1) is 16.7 Å². The summed E-state index contributed by atoms with van der Waals surface area (Å²) in [6.45, 7) is 0. The summed E-state index contributed by atoms with van der Waals surface area (Å²) in [4.78, 5) is 2.41. The summed E-state index contributed by atoms with van der Waals surface area (Å²) in [7, 11) is 0. The molecule has 13 rings (SSSR count). The summed E-state index contributed by atoms with van der Waals surface area (Å²) in [5, 5.41) is 4.76. The molecule has 0 saturated heterocycles. The van der Waals surface area contributed by atoms with Crippen LogP contribution in [0.4, 0.5) is 17.1 Å². The van der Waals surface area contributed by atoms with E-state index in [0.717, 1.165) is 78.1 Å². The Morgan fingerprint density at radius 3 is 1.41 bits per heavy atom. The Morgan fingerprint density at radius 1 is 0.275 bits per heavy atom. The van der Waals surface area contributed by atoms with E-state index in [4.69, 9.17) is 4.42 Å². The highest BCUT2D eigenvalue weighted by Crippen LogP contribution is 2.46. The fourth-order valence-corrected chi connectivity index (χ4v) is 10.4. The van der Waals surface area contributed by atoms with Crippen molar-refractivity contribution in [2.24, 2.45) is 0 Å². The molecule has 0 bridgehead atoms. The number of furan rings is 1. The fraction of sp³-hybridized carbons (Fsp3) is 0. The van der Waals surface area contributed by atoms with Crippen molar-refractivity contribution in [3.63, 3.8) is 0 Å². The van der Waals surface area contributed by atoms with Crippen molar-refractivity contribution in [2.75, 3.05) is 4.90 Å². The van der Waals surface area contributed by atoms with E-state index in [2.05, 4.69) is 264 Å². The first-order valence-electron chi connectivity index (χ1n) is 23.6. The van der Waals surface area contributed by atoms with E-state index in [-0.39, 0.29) is 0 Å². The maximum absolute atomic E-state index is 6.19. The third kappa shape index (κ3) is 7.08. The van der Waals surface area contributed by atoms with Crippen LogP contribution in [0.1, 0.15) is 0 Å². The van der Waals surface area contributed by atoms with E-state index in [0.29, 0.717) is 0 Å². The summed E-state index contributed by atoms with van der Waals surface area (Å²) in [6, 6.07) is 96.2. The van der Waals surface area contributed by atoms with Crippen molar-refractivity contribution in [1.82, 2.24) is 4.57 Å². The number of rotatable bonds is 9. The van der Waals surface area contributed by atoms with Crippen LogP contribution in [0.15, 0.2) is 271 Å². The van der Waals surface area contributed by atoms with Crippen LogP contribution in [0, 0.1) is 0 Å². The zero-order chi connectivity index (χ0) is 45.7. The van der Waals surface area contributed by atoms with Crippen LogP contribution in [0.25, 0.3) is 105 Å². The minimum atomic E-state index is 0.896. The molecule has 0 spiro atoms. The molecular weight excluding hydrogens is 837 g/mol. The molecule has 3 nitrogen and oxygen atoms in total. The number of anilines is 3. The highest BCUT2D eigenvalue weighted by Gasteiger charge is 2.21. The highest BCUT2D eigenvalue weighted by atomic mass is 16.3. The van der Waals surface area contributed by atoms with Crippen LogP contribution < -0.4 is 4.90 Å². The first-order chi connectivity index (χ1) is 34.2. The normalized spacial score (nSPS) is 11.5. The van der Waals surface area contributed by atoms with E-state index in [1.807, 2.05) is 12.1 Å². The smallest absolute Gasteiger partial charge is 0.135 e. The molecule has 0 fully saturated rings. The minimum absolute atomic E-state index is 0.896. The zero-order valence-electron chi connectivity index (χ0n) is 37.7. The average molecular weight is 881 g/mol. The molecule has 324 valence electrons. The maximum Gasteiger partial charge on any atom is 0.135 e. The second-order valence-corrected chi connectivity index (χ2v) is 17.6. The second-order valence-electron chi connectivity index (χ2n) is 17.6. The number of fused-ring (bicyclic) bond motifs is 6. The lowest BCUT2D eigenvalue weighted by Gasteiger charge is -2.29. The van der Waals surface area contributed by atoms with Crippen LogP contribution in [-0.4, -0.2) is 4.57 Å². The Morgan fingerprint density at radius 2 is 0.739 bits per heavy atom. The third-order valence-corrected chi connectivity index (χ3v) is 13.6. The molecule has 0 aliphatic heterocycles. The first kappa shape index (κ1) is 40.1. The number of nitrogens with zero attached hydrogens (tertiary/aromatic N) is 2. The molecule has 69 heavy (non-hydrogen) atoms. The SMILES string of the molecule is c1ccc(-c2ccccc2-c2ccccc2-c2ccccc2N(c2ccc(-c3cccc(-n4c5ccccc5c5ccccc54)c3)cc2)c2ccc(-c3ccc4oc5ccccc5c4c3)cc2)cc1. The van der Waals surface area contributed by atoms with Crippen LogP contribution in [0.3, 0.4) is 0 Å². The van der Waals surface area contributed by atoms with Gasteiger partial charge in [-0.2, -0.15) is 0 Å². The summed E-state index contributed by atoms with van der Waals surface area (Å²) in [5.41, 5.74) is 20.2. The van der Waals surface area contributed by atoms with Gasteiger partial charge >= 0.3 is 0 Å². The third-order valence-electron chi connectivity index (χ3n) is 13.6. The Balaban J connectivity index is 0.933. The van der Waals surface area contributed by atoms with Crippen molar-refractivity contribution < 1.29 is 4.42 Å². The monoisotopic (exact) mass is 880 g/mol. The number of benzene rings is 11. The molecule has 11 aromatic carbocycles. The van der Waals surface area contributed by atoms with E-state index in [1.54, 1.807) is 0 Å². The molecule has 0 N–H and O–H groups in total. The summed E-state index contributed by atoms with van der Waals surface area (Å²) < 4.78 is 8.57. The van der Waals surface area contributed by atoms with Gasteiger partial charge in [0.2, 0.25) is 0 Å².